The molecule has 0 N–H and O–H groups in total. The average molecular weight is 575 g/mol. The molecule has 0 heterocycles. The van der Waals surface area contributed by atoms with Crippen LogP contribution in [0.4, 0.5) is 0 Å². The van der Waals surface area contributed by atoms with E-state index in [1.165, 1.54) is 16.8 Å². The molecule has 3 aromatic carbocycles. The van der Waals surface area contributed by atoms with Gasteiger partial charge in [-0.2, -0.15) is 0 Å². The van der Waals surface area contributed by atoms with Gasteiger partial charge in [-0.25, -0.2) is 0 Å². The Kier molecular flexibility index (Phi) is 6.67. The van der Waals surface area contributed by atoms with Crippen LogP contribution in [0.15, 0.2) is 91.0 Å². The van der Waals surface area contributed by atoms with E-state index in [0.29, 0.717) is 0 Å². The molecule has 122 valence electrons. The molecule has 3 aromatic rings. The van der Waals surface area contributed by atoms with E-state index in [-0.39, 0.29) is 0 Å². The first-order valence-corrected chi connectivity index (χ1v) is 18.3. The molecule has 0 aliphatic heterocycles. The van der Waals surface area contributed by atoms with Gasteiger partial charge in [0.1, 0.15) is 0 Å². The minimum absolute atomic E-state index is 1.09. The van der Waals surface area contributed by atoms with Crippen LogP contribution in [0.3, 0.4) is 0 Å². The molecule has 0 aromatic heterocycles. The van der Waals surface area contributed by atoms with Crippen LogP contribution in [0, 0.1) is 0 Å². The first-order chi connectivity index (χ1) is 11.9. The van der Waals surface area contributed by atoms with Gasteiger partial charge in [0.15, 0.2) is 0 Å². The summed E-state index contributed by atoms with van der Waals surface area (Å²) in [6.07, 6.45) is 2.53. The number of alkyl halides is 1. The van der Waals surface area contributed by atoms with E-state index < -0.39 is 21.2 Å². The summed E-state index contributed by atoms with van der Waals surface area (Å²) < 4.78 is 6.11. The fraction of sp³-hybridized carbons (Fsp3) is 0.182. The third-order valence-corrected chi connectivity index (χ3v) is 25.0. The number of benzene rings is 3. The third kappa shape index (κ3) is 3.83. The zero-order valence-electron chi connectivity index (χ0n) is 13.9. The quantitative estimate of drug-likeness (QED) is 0.224. The Balaban J connectivity index is 2.20. The first kappa shape index (κ1) is 17.9. The molecule has 0 saturated carbocycles. The molecule has 0 aliphatic rings. The summed E-state index contributed by atoms with van der Waals surface area (Å²) in [7, 11) is 0. The third-order valence-electron chi connectivity index (χ3n) is 4.74. The van der Waals surface area contributed by atoms with Crippen LogP contribution in [0.1, 0.15) is 12.8 Å². The van der Waals surface area contributed by atoms with Crippen molar-refractivity contribution in [1.82, 2.24) is 0 Å². The van der Waals surface area contributed by atoms with Gasteiger partial charge < -0.3 is 0 Å². The molecular weight excluding hydrogens is 551 g/mol. The van der Waals surface area contributed by atoms with Gasteiger partial charge in [-0.05, 0) is 0 Å². The molecular formula is C22H23BrPb. The predicted octanol–water partition coefficient (Wildman–Crippen LogP) is 4.33. The van der Waals surface area contributed by atoms with Gasteiger partial charge in [-0.15, -0.1) is 0 Å². The van der Waals surface area contributed by atoms with Crippen molar-refractivity contribution in [1.29, 1.82) is 0 Å². The average Bonchev–Trinajstić information content (AvgIpc) is 2.68. The SMILES string of the molecule is BrCCC[CH2][Pb]([c]1ccccc1)([c]1ccccc1)[c]1ccccc1. The van der Waals surface area contributed by atoms with Crippen LogP contribution < -0.4 is 9.37 Å². The molecule has 0 amide bonds. The van der Waals surface area contributed by atoms with Crippen molar-refractivity contribution in [2.24, 2.45) is 0 Å². The van der Waals surface area contributed by atoms with Crippen LogP contribution in [0.25, 0.3) is 0 Å². The monoisotopic (exact) mass is 574 g/mol. The van der Waals surface area contributed by atoms with Crippen LogP contribution in [0.2, 0.25) is 3.98 Å². The molecule has 2 heteroatoms. The standard InChI is InChI=1S/3C6H5.C4H8Br.Pb/c3*1-2-4-6-5-3-1;1-2-3-4-5;/h3*1-5H;1-4H2;. The maximum absolute atomic E-state index is 3.61. The minimum atomic E-state index is -3.12. The Morgan fingerprint density at radius 3 is 1.25 bits per heavy atom. The number of rotatable bonds is 7. The molecule has 0 bridgehead atoms. The maximum atomic E-state index is 3.61. The van der Waals surface area contributed by atoms with Crippen molar-refractivity contribution < 1.29 is 0 Å². The molecule has 24 heavy (non-hydrogen) atoms. The van der Waals surface area contributed by atoms with Gasteiger partial charge in [-0.3, -0.25) is 0 Å². The Morgan fingerprint density at radius 2 is 0.917 bits per heavy atom. The number of hydrogen-bond acceptors (Lipinski definition) is 0. The summed E-state index contributed by atoms with van der Waals surface area (Å²) in [5.41, 5.74) is 0. The van der Waals surface area contributed by atoms with E-state index in [9.17, 15) is 0 Å². The topological polar surface area (TPSA) is 0 Å². The van der Waals surface area contributed by atoms with E-state index in [2.05, 4.69) is 107 Å². The summed E-state index contributed by atoms with van der Waals surface area (Å²) in [6, 6.07) is 33.9. The van der Waals surface area contributed by atoms with Gasteiger partial charge in [0.05, 0.1) is 0 Å². The van der Waals surface area contributed by atoms with Crippen LogP contribution >= 0.6 is 15.9 Å². The second kappa shape index (κ2) is 8.95. The normalized spacial score (nSPS) is 11.4. The molecule has 0 atom stereocenters. The molecule has 0 nitrogen and oxygen atoms in total. The van der Waals surface area contributed by atoms with Gasteiger partial charge in [-0.1, -0.05) is 0 Å². The second-order valence-corrected chi connectivity index (χ2v) is 22.7. The summed E-state index contributed by atoms with van der Waals surface area (Å²) in [4.78, 5) is 0. The summed E-state index contributed by atoms with van der Waals surface area (Å²) in [5, 5.41) is 1.09. The molecule has 0 fully saturated rings. The second-order valence-electron chi connectivity index (χ2n) is 6.15. The van der Waals surface area contributed by atoms with E-state index in [1.807, 2.05) is 0 Å². The number of hydrogen-bond donors (Lipinski definition) is 0. The van der Waals surface area contributed by atoms with Crippen molar-refractivity contribution in [3.05, 3.63) is 91.0 Å². The zero-order chi connectivity index (χ0) is 16.7. The van der Waals surface area contributed by atoms with Crippen molar-refractivity contribution in [2.45, 2.75) is 16.8 Å². The molecule has 0 radical (unpaired) electrons. The molecule has 3 rings (SSSR count). The van der Waals surface area contributed by atoms with Crippen LogP contribution in [-0.2, 0) is 0 Å². The fourth-order valence-electron chi connectivity index (χ4n) is 3.59. The van der Waals surface area contributed by atoms with E-state index in [4.69, 9.17) is 0 Å². The summed E-state index contributed by atoms with van der Waals surface area (Å²) >= 11 is 0.494. The number of halogens is 1. The zero-order valence-corrected chi connectivity index (χ0v) is 19.3. The van der Waals surface area contributed by atoms with E-state index >= 15 is 0 Å². The Morgan fingerprint density at radius 1 is 0.542 bits per heavy atom. The predicted molar refractivity (Wildman–Crippen MR) is 112 cm³/mol. The van der Waals surface area contributed by atoms with Gasteiger partial charge in [0.2, 0.25) is 0 Å². The van der Waals surface area contributed by atoms with E-state index in [0.717, 1.165) is 5.33 Å². The number of unbranched alkanes of at least 4 members (excludes halogenated alkanes) is 1. The summed E-state index contributed by atoms with van der Waals surface area (Å²) in [5.74, 6) is 0. The Hall–Kier alpha value is -0.938. The summed E-state index contributed by atoms with van der Waals surface area (Å²) in [6.45, 7) is 0. The van der Waals surface area contributed by atoms with Crippen molar-refractivity contribution in [3.8, 4) is 0 Å². The van der Waals surface area contributed by atoms with Crippen molar-refractivity contribution >= 4 is 46.5 Å². The van der Waals surface area contributed by atoms with Crippen LogP contribution in [-0.4, -0.2) is 26.5 Å². The van der Waals surface area contributed by atoms with Gasteiger partial charge in [0.25, 0.3) is 0 Å². The van der Waals surface area contributed by atoms with Gasteiger partial charge >= 0.3 is 160 Å². The molecule has 0 aliphatic carbocycles. The van der Waals surface area contributed by atoms with Crippen LogP contribution in [0.5, 0.6) is 0 Å². The Bertz CT molecular complexity index is 629. The Labute approximate surface area is 158 Å². The van der Waals surface area contributed by atoms with Crippen molar-refractivity contribution in [3.63, 3.8) is 0 Å². The molecule has 0 unspecified atom stereocenters. The molecule has 0 saturated heterocycles. The van der Waals surface area contributed by atoms with E-state index in [1.54, 1.807) is 9.37 Å². The van der Waals surface area contributed by atoms with Gasteiger partial charge in [0, 0.05) is 0 Å². The first-order valence-electron chi connectivity index (χ1n) is 8.60. The molecule has 0 spiro atoms. The van der Waals surface area contributed by atoms with Crippen molar-refractivity contribution in [2.75, 3.05) is 5.33 Å². The fourth-order valence-corrected chi connectivity index (χ4v) is 23.2.